The van der Waals surface area contributed by atoms with Crippen LogP contribution in [0.3, 0.4) is 0 Å². The van der Waals surface area contributed by atoms with Crippen molar-refractivity contribution in [3.8, 4) is 0 Å². The van der Waals surface area contributed by atoms with Gasteiger partial charge < -0.3 is 14.4 Å². The van der Waals surface area contributed by atoms with Crippen molar-refractivity contribution in [2.75, 3.05) is 33.4 Å². The van der Waals surface area contributed by atoms with E-state index in [1.165, 1.54) is 103 Å². The van der Waals surface area contributed by atoms with E-state index in [0.717, 1.165) is 51.6 Å². The normalized spacial score (nSPS) is 15.0. The summed E-state index contributed by atoms with van der Waals surface area (Å²) in [5, 5.41) is 0. The summed E-state index contributed by atoms with van der Waals surface area (Å²) in [7, 11) is 2.13. The van der Waals surface area contributed by atoms with E-state index in [0.29, 0.717) is 25.6 Å². The monoisotopic (exact) mass is 568 g/mol. The van der Waals surface area contributed by atoms with Gasteiger partial charge in [0.15, 0.2) is 0 Å². The minimum absolute atomic E-state index is 0. The second-order valence-corrected chi connectivity index (χ2v) is 12.3. The van der Waals surface area contributed by atoms with E-state index >= 15 is 0 Å². The van der Waals surface area contributed by atoms with E-state index in [9.17, 15) is 9.59 Å². The molecule has 1 heterocycles. The Morgan fingerprint density at radius 3 is 1.70 bits per heavy atom. The van der Waals surface area contributed by atoms with Gasteiger partial charge >= 0.3 is 11.9 Å². The van der Waals surface area contributed by atoms with Gasteiger partial charge in [-0.3, -0.25) is 9.59 Å². The van der Waals surface area contributed by atoms with Crippen LogP contribution in [-0.2, 0) is 19.1 Å². The molecule has 1 fully saturated rings. The highest BCUT2D eigenvalue weighted by Crippen LogP contribution is 2.22. The van der Waals surface area contributed by atoms with Crippen LogP contribution in [0, 0.1) is 11.8 Å². The number of nitrogens with zero attached hydrogens (tertiary/aromatic N) is 1. The number of unbranched alkanes of at least 4 members (excludes halogenated alkanes) is 15. The largest absolute Gasteiger partial charge is 0.466 e. The fourth-order valence-electron chi connectivity index (χ4n) is 5.64. The van der Waals surface area contributed by atoms with Gasteiger partial charge in [0.05, 0.1) is 19.1 Å². The summed E-state index contributed by atoms with van der Waals surface area (Å²) in [5.41, 5.74) is 0. The van der Waals surface area contributed by atoms with E-state index in [4.69, 9.17) is 9.47 Å². The molecule has 0 aliphatic carbocycles. The zero-order chi connectivity index (χ0) is 28.4. The zero-order valence-corrected chi connectivity index (χ0v) is 26.3. The van der Waals surface area contributed by atoms with Crippen molar-refractivity contribution < 1.29 is 19.1 Å². The zero-order valence-electron chi connectivity index (χ0n) is 26.3. The van der Waals surface area contributed by atoms with E-state index < -0.39 is 0 Å². The molecule has 1 unspecified atom stereocenters. The molecule has 1 atom stereocenters. The number of likely N-dealkylation sites (tertiary alicyclic amines) is 1. The molecule has 40 heavy (non-hydrogen) atoms. The van der Waals surface area contributed by atoms with Crippen molar-refractivity contribution in [3.63, 3.8) is 0 Å². The van der Waals surface area contributed by atoms with Gasteiger partial charge in [-0.1, -0.05) is 124 Å². The molecule has 0 spiro atoms. The first-order chi connectivity index (χ1) is 19.1. The topological polar surface area (TPSA) is 55.8 Å². The summed E-state index contributed by atoms with van der Waals surface area (Å²) in [4.78, 5) is 26.8. The first kappa shape index (κ1) is 38.9. The van der Waals surface area contributed by atoms with Crippen molar-refractivity contribution >= 4 is 11.9 Å². The predicted molar refractivity (Wildman–Crippen MR) is 171 cm³/mol. The lowest BCUT2D eigenvalue weighted by molar-refractivity contribution is -0.151. The Hall–Kier alpha value is -1.10. The quantitative estimate of drug-likeness (QED) is 0.0769. The lowest BCUT2D eigenvalue weighted by atomic mass is 9.94. The molecule has 5 nitrogen and oxygen atoms in total. The Bertz CT molecular complexity index is 574. The average molecular weight is 568 g/mol. The molecule has 0 radical (unpaired) electrons. The lowest BCUT2D eigenvalue weighted by Gasteiger charge is -2.28. The van der Waals surface area contributed by atoms with Crippen LogP contribution in [0.15, 0.2) is 0 Å². The van der Waals surface area contributed by atoms with E-state index in [-0.39, 0.29) is 25.3 Å². The first-order valence-electron chi connectivity index (χ1n) is 17.1. The van der Waals surface area contributed by atoms with Crippen LogP contribution in [0.25, 0.3) is 0 Å². The van der Waals surface area contributed by atoms with Gasteiger partial charge in [0.25, 0.3) is 0 Å². The molecular formula is C35H69NO4. The third kappa shape index (κ3) is 22.6. The minimum Gasteiger partial charge on any atom is -0.466 e. The van der Waals surface area contributed by atoms with Crippen molar-refractivity contribution in [1.82, 2.24) is 4.90 Å². The Balaban J connectivity index is 0.0000152. The molecule has 238 valence electrons. The van der Waals surface area contributed by atoms with Crippen molar-refractivity contribution in [3.05, 3.63) is 0 Å². The van der Waals surface area contributed by atoms with Crippen molar-refractivity contribution in [2.24, 2.45) is 11.8 Å². The number of hydrogen-bond donors (Lipinski definition) is 0. The van der Waals surface area contributed by atoms with Gasteiger partial charge in [0.1, 0.15) is 0 Å². The third-order valence-corrected chi connectivity index (χ3v) is 8.48. The van der Waals surface area contributed by atoms with E-state index in [1.807, 2.05) is 0 Å². The smallest absolute Gasteiger partial charge is 0.309 e. The van der Waals surface area contributed by atoms with Gasteiger partial charge in [-0.25, -0.2) is 0 Å². The molecule has 0 aromatic heterocycles. The Kier molecular flexibility index (Phi) is 27.3. The number of carbonyl (C=O) groups excluding carboxylic acids is 2. The van der Waals surface area contributed by atoms with Crippen LogP contribution < -0.4 is 0 Å². The van der Waals surface area contributed by atoms with Gasteiger partial charge in [0.2, 0.25) is 0 Å². The number of esters is 2. The Morgan fingerprint density at radius 1 is 0.675 bits per heavy atom. The van der Waals surface area contributed by atoms with Crippen LogP contribution >= 0.6 is 0 Å². The van der Waals surface area contributed by atoms with Crippen LogP contribution in [0.5, 0.6) is 0 Å². The molecule has 0 saturated carbocycles. The number of carbonyl (C=O) groups is 2. The maximum atomic E-state index is 12.7. The molecule has 1 saturated heterocycles. The van der Waals surface area contributed by atoms with Crippen molar-refractivity contribution in [1.29, 1.82) is 0 Å². The highest BCUT2D eigenvalue weighted by molar-refractivity contribution is 5.72. The fraction of sp³-hybridized carbons (Fsp3) is 0.943. The molecule has 0 amide bonds. The third-order valence-electron chi connectivity index (χ3n) is 8.48. The summed E-state index contributed by atoms with van der Waals surface area (Å²) < 4.78 is 11.2. The highest BCUT2D eigenvalue weighted by Gasteiger charge is 2.25. The number of ether oxygens (including phenoxy) is 2. The summed E-state index contributed by atoms with van der Waals surface area (Å²) in [6, 6.07) is 0. The minimum atomic E-state index is -0.0231. The summed E-state index contributed by atoms with van der Waals surface area (Å²) in [6.07, 6.45) is 27.1. The summed E-state index contributed by atoms with van der Waals surface area (Å²) in [6.45, 7) is 7.67. The molecular weight excluding hydrogens is 498 g/mol. The Labute approximate surface area is 249 Å². The van der Waals surface area contributed by atoms with Gasteiger partial charge in [-0.2, -0.15) is 0 Å². The molecule has 1 rings (SSSR count). The second kappa shape index (κ2) is 28.0. The summed E-state index contributed by atoms with van der Waals surface area (Å²) >= 11 is 0. The SMILES string of the molecule is C.CCCCCCCCCCC(CCCCCCCCC(=O)OCCCCCC)COC(=O)C1CCN(C)CC1. The molecule has 0 N–H and O–H groups in total. The van der Waals surface area contributed by atoms with Crippen LogP contribution in [0.1, 0.15) is 169 Å². The molecule has 1 aliphatic heterocycles. The van der Waals surface area contributed by atoms with Crippen LogP contribution in [-0.4, -0.2) is 50.2 Å². The first-order valence-corrected chi connectivity index (χ1v) is 17.1. The second-order valence-electron chi connectivity index (χ2n) is 12.3. The molecule has 0 aromatic carbocycles. The predicted octanol–water partition coefficient (Wildman–Crippen LogP) is 9.90. The molecule has 1 aliphatic rings. The standard InChI is InChI=1S/C34H65NO4.CH4/c1-4-6-8-10-11-12-15-18-22-31(30-39-34(37)32-25-27-35(3)28-26-32)23-19-16-13-14-17-20-24-33(36)38-29-21-9-7-5-2;/h31-32H,4-30H2,1-3H3;1H4. The fourth-order valence-corrected chi connectivity index (χ4v) is 5.64. The van der Waals surface area contributed by atoms with Crippen LogP contribution in [0.2, 0.25) is 0 Å². The average Bonchev–Trinajstić information content (AvgIpc) is 2.94. The maximum Gasteiger partial charge on any atom is 0.309 e. The van der Waals surface area contributed by atoms with Gasteiger partial charge in [-0.05, 0) is 64.6 Å². The summed E-state index contributed by atoms with van der Waals surface area (Å²) in [5.74, 6) is 0.629. The number of rotatable bonds is 26. The maximum absolute atomic E-state index is 12.7. The van der Waals surface area contributed by atoms with Crippen molar-refractivity contribution in [2.45, 2.75) is 169 Å². The Morgan fingerprint density at radius 2 is 1.15 bits per heavy atom. The molecule has 0 bridgehead atoms. The van der Waals surface area contributed by atoms with Gasteiger partial charge in [-0.15, -0.1) is 0 Å². The van der Waals surface area contributed by atoms with Crippen LogP contribution in [0.4, 0.5) is 0 Å². The number of piperidine rings is 1. The van der Waals surface area contributed by atoms with Gasteiger partial charge in [0, 0.05) is 6.42 Å². The molecule has 5 heteroatoms. The highest BCUT2D eigenvalue weighted by atomic mass is 16.5. The lowest BCUT2D eigenvalue weighted by Crippen LogP contribution is -2.34. The molecule has 0 aromatic rings. The van der Waals surface area contributed by atoms with E-state index in [1.54, 1.807) is 0 Å². The van der Waals surface area contributed by atoms with E-state index in [2.05, 4.69) is 25.8 Å². The number of hydrogen-bond acceptors (Lipinski definition) is 5.